The Hall–Kier alpha value is -1.68. The molecule has 0 aromatic heterocycles. The molecule has 0 aliphatic carbocycles. The molecular formula is C16H21FN2O. The molecule has 1 N–H and O–H groups in total. The maximum absolute atomic E-state index is 13.4. The van der Waals surface area contributed by atoms with Gasteiger partial charge in [0.05, 0.1) is 5.69 Å². The minimum absolute atomic E-state index is 0.0414. The Labute approximate surface area is 119 Å². The molecule has 2 rings (SSSR count). The Kier molecular flexibility index (Phi) is 4.90. The molecule has 1 aromatic rings. The lowest BCUT2D eigenvalue weighted by Crippen LogP contribution is -2.38. The summed E-state index contributed by atoms with van der Waals surface area (Å²) in [5.74, 6) is -0.266. The van der Waals surface area contributed by atoms with E-state index in [-0.39, 0.29) is 11.7 Å². The van der Waals surface area contributed by atoms with Gasteiger partial charge >= 0.3 is 0 Å². The third-order valence-corrected chi connectivity index (χ3v) is 3.43. The highest BCUT2D eigenvalue weighted by Gasteiger charge is 2.24. The maximum Gasteiger partial charge on any atom is 0.227 e. The van der Waals surface area contributed by atoms with Crippen LogP contribution in [0.1, 0.15) is 25.3 Å². The number of amides is 1. The normalized spacial score (nSPS) is 14.3. The standard InChI is InChI=1S/C16H21FN2O/c1-3-8-18-10-12(2)11-19-15-9-14(17)6-4-13(15)5-7-16(19)20/h4,6,9,18H,2-3,5,7-8,10-11H2,1H3. The molecule has 108 valence electrons. The van der Waals surface area contributed by atoms with E-state index in [1.165, 1.54) is 12.1 Å². The van der Waals surface area contributed by atoms with Gasteiger partial charge in [0, 0.05) is 19.5 Å². The number of hydrogen-bond donors (Lipinski definition) is 1. The number of carbonyl (C=O) groups is 1. The predicted octanol–water partition coefficient (Wildman–Crippen LogP) is 2.66. The largest absolute Gasteiger partial charge is 0.313 e. The highest BCUT2D eigenvalue weighted by atomic mass is 19.1. The fraction of sp³-hybridized carbons (Fsp3) is 0.438. The number of anilines is 1. The van der Waals surface area contributed by atoms with E-state index in [1.54, 1.807) is 11.0 Å². The second kappa shape index (κ2) is 6.66. The topological polar surface area (TPSA) is 32.3 Å². The summed E-state index contributed by atoms with van der Waals surface area (Å²) in [6.07, 6.45) is 2.23. The van der Waals surface area contributed by atoms with Gasteiger partial charge < -0.3 is 10.2 Å². The van der Waals surface area contributed by atoms with E-state index < -0.39 is 0 Å². The molecule has 0 saturated heterocycles. The van der Waals surface area contributed by atoms with Crippen molar-refractivity contribution in [1.29, 1.82) is 0 Å². The van der Waals surface area contributed by atoms with E-state index in [9.17, 15) is 9.18 Å². The van der Waals surface area contributed by atoms with Gasteiger partial charge in [0.2, 0.25) is 5.91 Å². The van der Waals surface area contributed by atoms with Gasteiger partial charge in [0.1, 0.15) is 5.82 Å². The number of aryl methyl sites for hydroxylation is 1. The zero-order valence-corrected chi connectivity index (χ0v) is 11.9. The highest BCUT2D eigenvalue weighted by Crippen LogP contribution is 2.29. The number of nitrogens with zero attached hydrogens (tertiary/aromatic N) is 1. The van der Waals surface area contributed by atoms with Gasteiger partial charge in [0.25, 0.3) is 0 Å². The van der Waals surface area contributed by atoms with Crippen LogP contribution < -0.4 is 10.2 Å². The van der Waals surface area contributed by atoms with Gasteiger partial charge in [-0.2, -0.15) is 0 Å². The van der Waals surface area contributed by atoms with Gasteiger partial charge in [-0.3, -0.25) is 4.79 Å². The average Bonchev–Trinajstić information content (AvgIpc) is 2.42. The average molecular weight is 276 g/mol. The number of nitrogens with one attached hydrogen (secondary N) is 1. The monoisotopic (exact) mass is 276 g/mol. The number of carbonyl (C=O) groups excluding carboxylic acids is 1. The van der Waals surface area contributed by atoms with Crippen LogP contribution in [0.2, 0.25) is 0 Å². The summed E-state index contributed by atoms with van der Waals surface area (Å²) in [6.45, 7) is 8.16. The van der Waals surface area contributed by atoms with Gasteiger partial charge in [-0.25, -0.2) is 4.39 Å². The third-order valence-electron chi connectivity index (χ3n) is 3.43. The Morgan fingerprint density at radius 3 is 3.00 bits per heavy atom. The molecule has 0 atom stereocenters. The molecule has 1 aliphatic heterocycles. The lowest BCUT2D eigenvalue weighted by Gasteiger charge is -2.30. The zero-order valence-electron chi connectivity index (χ0n) is 11.9. The summed E-state index contributed by atoms with van der Waals surface area (Å²) in [7, 11) is 0. The van der Waals surface area contributed by atoms with Crippen molar-refractivity contribution in [1.82, 2.24) is 5.32 Å². The van der Waals surface area contributed by atoms with Crippen LogP contribution in [0.3, 0.4) is 0 Å². The van der Waals surface area contributed by atoms with Crippen LogP contribution in [-0.4, -0.2) is 25.5 Å². The Balaban J connectivity index is 2.09. The predicted molar refractivity (Wildman–Crippen MR) is 79.4 cm³/mol. The van der Waals surface area contributed by atoms with E-state index in [0.29, 0.717) is 31.6 Å². The molecule has 1 aliphatic rings. The number of rotatable bonds is 6. The van der Waals surface area contributed by atoms with Gasteiger partial charge in [-0.1, -0.05) is 19.6 Å². The molecule has 4 heteroatoms. The van der Waals surface area contributed by atoms with Crippen LogP contribution >= 0.6 is 0 Å². The summed E-state index contributed by atoms with van der Waals surface area (Å²) in [4.78, 5) is 13.7. The van der Waals surface area contributed by atoms with E-state index in [2.05, 4.69) is 18.8 Å². The van der Waals surface area contributed by atoms with Crippen LogP contribution in [-0.2, 0) is 11.2 Å². The maximum atomic E-state index is 13.4. The van der Waals surface area contributed by atoms with Crippen LogP contribution in [0.25, 0.3) is 0 Å². The molecule has 1 heterocycles. The first-order chi connectivity index (χ1) is 9.61. The molecule has 3 nitrogen and oxygen atoms in total. The molecular weight excluding hydrogens is 255 g/mol. The highest BCUT2D eigenvalue weighted by molar-refractivity contribution is 5.96. The summed E-state index contributed by atoms with van der Waals surface area (Å²) in [6, 6.07) is 4.66. The van der Waals surface area contributed by atoms with E-state index in [0.717, 1.165) is 24.1 Å². The van der Waals surface area contributed by atoms with Crippen molar-refractivity contribution in [2.75, 3.05) is 24.5 Å². The first-order valence-corrected chi connectivity index (χ1v) is 7.08. The van der Waals surface area contributed by atoms with Gasteiger partial charge in [0.15, 0.2) is 0 Å². The van der Waals surface area contributed by atoms with Crippen molar-refractivity contribution in [2.24, 2.45) is 0 Å². The number of hydrogen-bond acceptors (Lipinski definition) is 2. The zero-order chi connectivity index (χ0) is 14.5. The van der Waals surface area contributed by atoms with E-state index in [1.807, 2.05) is 0 Å². The molecule has 0 unspecified atom stereocenters. The molecule has 1 amide bonds. The first-order valence-electron chi connectivity index (χ1n) is 7.08. The van der Waals surface area contributed by atoms with Crippen LogP contribution in [0, 0.1) is 5.82 Å². The fourth-order valence-corrected chi connectivity index (χ4v) is 2.41. The SMILES string of the molecule is C=C(CNCCC)CN1C(=O)CCc2ccc(F)cc21. The smallest absolute Gasteiger partial charge is 0.227 e. The summed E-state index contributed by atoms with van der Waals surface area (Å²) in [5.41, 5.74) is 2.65. The molecule has 20 heavy (non-hydrogen) atoms. The second-order valence-electron chi connectivity index (χ2n) is 5.18. The third kappa shape index (κ3) is 3.45. The lowest BCUT2D eigenvalue weighted by molar-refractivity contribution is -0.118. The number of fused-ring (bicyclic) bond motifs is 1. The fourth-order valence-electron chi connectivity index (χ4n) is 2.41. The number of halogens is 1. The molecule has 1 aromatic carbocycles. The van der Waals surface area contributed by atoms with Crippen molar-refractivity contribution in [3.8, 4) is 0 Å². The molecule has 0 spiro atoms. The Morgan fingerprint density at radius 2 is 2.25 bits per heavy atom. The van der Waals surface area contributed by atoms with Crippen molar-refractivity contribution >= 4 is 11.6 Å². The molecule has 0 fully saturated rings. The van der Waals surface area contributed by atoms with Crippen LogP contribution in [0.5, 0.6) is 0 Å². The van der Waals surface area contributed by atoms with E-state index >= 15 is 0 Å². The second-order valence-corrected chi connectivity index (χ2v) is 5.18. The van der Waals surface area contributed by atoms with Crippen molar-refractivity contribution < 1.29 is 9.18 Å². The summed E-state index contributed by atoms with van der Waals surface area (Å²) < 4.78 is 13.4. The van der Waals surface area contributed by atoms with Crippen molar-refractivity contribution in [3.63, 3.8) is 0 Å². The lowest BCUT2D eigenvalue weighted by atomic mass is 10.0. The van der Waals surface area contributed by atoms with E-state index in [4.69, 9.17) is 0 Å². The van der Waals surface area contributed by atoms with Crippen molar-refractivity contribution in [2.45, 2.75) is 26.2 Å². The summed E-state index contributed by atoms with van der Waals surface area (Å²) in [5, 5.41) is 3.26. The Bertz CT molecular complexity index is 513. The Morgan fingerprint density at radius 1 is 1.45 bits per heavy atom. The van der Waals surface area contributed by atoms with Gasteiger partial charge in [-0.15, -0.1) is 0 Å². The molecule has 0 radical (unpaired) electrons. The molecule has 0 saturated carbocycles. The quantitative estimate of drug-likeness (QED) is 0.640. The minimum Gasteiger partial charge on any atom is -0.313 e. The van der Waals surface area contributed by atoms with Crippen molar-refractivity contribution in [3.05, 3.63) is 41.7 Å². The van der Waals surface area contributed by atoms with Crippen LogP contribution in [0.4, 0.5) is 10.1 Å². The van der Waals surface area contributed by atoms with Gasteiger partial charge in [-0.05, 0) is 42.7 Å². The first kappa shape index (κ1) is 14.7. The minimum atomic E-state index is -0.307. The molecule has 0 bridgehead atoms. The van der Waals surface area contributed by atoms with Crippen LogP contribution in [0.15, 0.2) is 30.4 Å². The summed E-state index contributed by atoms with van der Waals surface area (Å²) >= 11 is 0. The number of benzene rings is 1.